The van der Waals surface area contributed by atoms with Gasteiger partial charge in [0.05, 0.1) is 5.02 Å². The van der Waals surface area contributed by atoms with Crippen molar-refractivity contribution in [3.63, 3.8) is 0 Å². The van der Waals surface area contributed by atoms with Gasteiger partial charge in [-0.3, -0.25) is 4.79 Å². The van der Waals surface area contributed by atoms with Crippen LogP contribution in [-0.2, 0) is 4.79 Å². The maximum absolute atomic E-state index is 12.9. The molecule has 0 aromatic heterocycles. The molecule has 1 unspecified atom stereocenters. The minimum absolute atomic E-state index is 0.0172. The third kappa shape index (κ3) is 3.30. The quantitative estimate of drug-likeness (QED) is 0.817. The summed E-state index contributed by atoms with van der Waals surface area (Å²) in [5, 5.41) is 2.73. The number of nitrogens with one attached hydrogen (secondary N) is 1. The Morgan fingerprint density at radius 2 is 2.35 bits per heavy atom. The number of carbonyl (C=O) groups is 1. The maximum Gasteiger partial charge on any atom is 0.224 e. The monoisotopic (exact) mass is 253 g/mol. The average molecular weight is 254 g/mol. The summed E-state index contributed by atoms with van der Waals surface area (Å²) >= 11 is 5.63. The van der Waals surface area contributed by atoms with E-state index in [0.29, 0.717) is 18.0 Å². The molecule has 0 saturated heterocycles. The van der Waals surface area contributed by atoms with E-state index in [1.54, 1.807) is 0 Å². The number of rotatable bonds is 3. The predicted molar refractivity (Wildman–Crippen MR) is 66.5 cm³/mol. The Balaban J connectivity index is 1.93. The first kappa shape index (κ1) is 12.1. The molecule has 1 N–H and O–H groups in total. The molecule has 0 bridgehead atoms. The molecule has 2 rings (SSSR count). The number of carbonyl (C=O) groups excluding carboxylic acids is 1. The number of anilines is 1. The van der Waals surface area contributed by atoms with Gasteiger partial charge in [-0.2, -0.15) is 0 Å². The molecule has 2 nitrogen and oxygen atoms in total. The number of amides is 1. The van der Waals surface area contributed by atoms with Crippen LogP contribution in [0.5, 0.6) is 0 Å². The highest BCUT2D eigenvalue weighted by Crippen LogP contribution is 2.22. The number of allylic oxidation sites excluding steroid dienone is 2. The summed E-state index contributed by atoms with van der Waals surface area (Å²) in [6.45, 7) is 0. The first-order chi connectivity index (χ1) is 8.15. The lowest BCUT2D eigenvalue weighted by molar-refractivity contribution is -0.116. The van der Waals surface area contributed by atoms with Gasteiger partial charge in [-0.1, -0.05) is 23.8 Å². The van der Waals surface area contributed by atoms with Gasteiger partial charge in [-0.05, 0) is 37.0 Å². The highest BCUT2D eigenvalue weighted by Gasteiger charge is 2.14. The zero-order valence-corrected chi connectivity index (χ0v) is 10.0. The zero-order chi connectivity index (χ0) is 12.3. The van der Waals surface area contributed by atoms with Gasteiger partial charge >= 0.3 is 0 Å². The Labute approximate surface area is 104 Å². The van der Waals surface area contributed by atoms with Crippen molar-refractivity contribution >= 4 is 23.2 Å². The van der Waals surface area contributed by atoms with E-state index < -0.39 is 5.82 Å². The van der Waals surface area contributed by atoms with Gasteiger partial charge in [-0.25, -0.2) is 4.39 Å². The summed E-state index contributed by atoms with van der Waals surface area (Å²) in [5.41, 5.74) is 0.531. The third-order valence-electron chi connectivity index (χ3n) is 2.76. The van der Waals surface area contributed by atoms with Crippen molar-refractivity contribution in [2.24, 2.45) is 5.92 Å². The van der Waals surface area contributed by atoms with Crippen LogP contribution in [0.15, 0.2) is 30.4 Å². The summed E-state index contributed by atoms with van der Waals surface area (Å²) in [6.07, 6.45) is 6.69. The van der Waals surface area contributed by atoms with E-state index in [1.165, 1.54) is 18.2 Å². The molecular formula is C13H13ClFNO. The van der Waals surface area contributed by atoms with Crippen LogP contribution in [0.4, 0.5) is 10.1 Å². The Kier molecular flexibility index (Phi) is 3.79. The fourth-order valence-electron chi connectivity index (χ4n) is 1.89. The van der Waals surface area contributed by atoms with E-state index in [9.17, 15) is 9.18 Å². The SMILES string of the molecule is O=C(CC1C=CCC1)Nc1ccc(F)c(Cl)c1. The minimum Gasteiger partial charge on any atom is -0.326 e. The van der Waals surface area contributed by atoms with E-state index in [-0.39, 0.29) is 10.9 Å². The van der Waals surface area contributed by atoms with Crippen LogP contribution in [0.25, 0.3) is 0 Å². The van der Waals surface area contributed by atoms with Gasteiger partial charge < -0.3 is 5.32 Å². The summed E-state index contributed by atoms with van der Waals surface area (Å²) in [6, 6.07) is 4.16. The maximum atomic E-state index is 12.9. The van der Waals surface area contributed by atoms with Crippen molar-refractivity contribution in [2.75, 3.05) is 5.32 Å². The molecule has 0 radical (unpaired) electrons. The lowest BCUT2D eigenvalue weighted by atomic mass is 10.1. The van der Waals surface area contributed by atoms with E-state index in [0.717, 1.165) is 12.8 Å². The molecule has 0 fully saturated rings. The molecule has 1 amide bonds. The Morgan fingerprint density at radius 1 is 1.53 bits per heavy atom. The topological polar surface area (TPSA) is 29.1 Å². The van der Waals surface area contributed by atoms with Crippen molar-refractivity contribution in [3.8, 4) is 0 Å². The molecule has 0 heterocycles. The largest absolute Gasteiger partial charge is 0.326 e. The molecule has 90 valence electrons. The number of hydrogen-bond donors (Lipinski definition) is 1. The zero-order valence-electron chi connectivity index (χ0n) is 9.25. The molecule has 1 aromatic carbocycles. The van der Waals surface area contributed by atoms with E-state index in [1.807, 2.05) is 0 Å². The fourth-order valence-corrected chi connectivity index (χ4v) is 2.07. The van der Waals surface area contributed by atoms with Crippen molar-refractivity contribution in [1.29, 1.82) is 0 Å². The molecule has 1 atom stereocenters. The smallest absolute Gasteiger partial charge is 0.224 e. The second-order valence-electron chi connectivity index (χ2n) is 4.15. The van der Waals surface area contributed by atoms with Gasteiger partial charge in [0, 0.05) is 12.1 Å². The van der Waals surface area contributed by atoms with Crippen molar-refractivity contribution < 1.29 is 9.18 Å². The summed E-state index contributed by atoms with van der Waals surface area (Å²) in [5.74, 6) is -0.224. The van der Waals surface area contributed by atoms with Crippen molar-refractivity contribution in [3.05, 3.63) is 41.2 Å². The first-order valence-corrected chi connectivity index (χ1v) is 5.94. The number of hydrogen-bond acceptors (Lipinski definition) is 1. The second kappa shape index (κ2) is 5.32. The molecule has 1 aromatic rings. The van der Waals surface area contributed by atoms with Crippen LogP contribution >= 0.6 is 11.6 Å². The van der Waals surface area contributed by atoms with Gasteiger partial charge in [0.25, 0.3) is 0 Å². The molecule has 0 saturated carbocycles. The number of halogens is 2. The van der Waals surface area contributed by atoms with Crippen molar-refractivity contribution in [1.82, 2.24) is 0 Å². The van der Waals surface area contributed by atoms with Crippen LogP contribution in [0.3, 0.4) is 0 Å². The van der Waals surface area contributed by atoms with Crippen LogP contribution in [0.2, 0.25) is 5.02 Å². The Bertz CT molecular complexity index is 459. The van der Waals surface area contributed by atoms with Crippen LogP contribution in [0.1, 0.15) is 19.3 Å². The predicted octanol–water partition coefficient (Wildman–Crippen LogP) is 3.77. The molecule has 0 spiro atoms. The minimum atomic E-state index is -0.483. The Morgan fingerprint density at radius 3 is 3.00 bits per heavy atom. The van der Waals surface area contributed by atoms with E-state index in [2.05, 4.69) is 17.5 Å². The van der Waals surface area contributed by atoms with Crippen LogP contribution in [0, 0.1) is 11.7 Å². The molecule has 4 heteroatoms. The highest BCUT2D eigenvalue weighted by atomic mass is 35.5. The standard InChI is InChI=1S/C13H13ClFNO/c14-11-8-10(5-6-12(11)15)16-13(17)7-9-3-1-2-4-9/h1,3,5-6,8-9H,2,4,7H2,(H,16,17). The highest BCUT2D eigenvalue weighted by molar-refractivity contribution is 6.31. The summed E-state index contributed by atoms with van der Waals surface area (Å²) in [4.78, 5) is 11.7. The van der Waals surface area contributed by atoms with Gasteiger partial charge in [0.2, 0.25) is 5.91 Å². The van der Waals surface area contributed by atoms with Crippen LogP contribution < -0.4 is 5.32 Å². The fraction of sp³-hybridized carbons (Fsp3) is 0.308. The third-order valence-corrected chi connectivity index (χ3v) is 3.05. The van der Waals surface area contributed by atoms with Gasteiger partial charge in [-0.15, -0.1) is 0 Å². The molecular weight excluding hydrogens is 241 g/mol. The Hall–Kier alpha value is -1.35. The van der Waals surface area contributed by atoms with Crippen LogP contribution in [-0.4, -0.2) is 5.91 Å². The lowest BCUT2D eigenvalue weighted by Crippen LogP contribution is -2.14. The summed E-state index contributed by atoms with van der Waals surface area (Å²) in [7, 11) is 0. The van der Waals surface area contributed by atoms with Gasteiger partial charge in [0.15, 0.2) is 0 Å². The molecule has 0 aliphatic heterocycles. The molecule has 1 aliphatic rings. The molecule has 1 aliphatic carbocycles. The van der Waals surface area contributed by atoms with E-state index in [4.69, 9.17) is 11.6 Å². The first-order valence-electron chi connectivity index (χ1n) is 5.57. The van der Waals surface area contributed by atoms with Gasteiger partial charge in [0.1, 0.15) is 5.82 Å². The second-order valence-corrected chi connectivity index (χ2v) is 4.55. The summed E-state index contributed by atoms with van der Waals surface area (Å²) < 4.78 is 12.9. The van der Waals surface area contributed by atoms with Crippen molar-refractivity contribution in [2.45, 2.75) is 19.3 Å². The average Bonchev–Trinajstić information content (AvgIpc) is 2.76. The molecule has 17 heavy (non-hydrogen) atoms. The lowest BCUT2D eigenvalue weighted by Gasteiger charge is -2.09. The number of benzene rings is 1. The van der Waals surface area contributed by atoms with E-state index >= 15 is 0 Å². The normalized spacial score (nSPS) is 18.4.